The number of ether oxygens (including phenoxy) is 1. The van der Waals surface area contributed by atoms with E-state index < -0.39 is 11.0 Å². The third kappa shape index (κ3) is 5.49. The Labute approximate surface area is 201 Å². The summed E-state index contributed by atoms with van der Waals surface area (Å²) >= 11 is 6.06. The Morgan fingerprint density at radius 2 is 2.00 bits per heavy atom. The fraction of sp³-hybridized carbons (Fsp3) is 0.292. The van der Waals surface area contributed by atoms with Crippen LogP contribution in [-0.4, -0.2) is 45.5 Å². The lowest BCUT2D eigenvalue weighted by atomic mass is 10.1. The van der Waals surface area contributed by atoms with Crippen molar-refractivity contribution in [3.63, 3.8) is 0 Å². The summed E-state index contributed by atoms with van der Waals surface area (Å²) in [5.74, 6) is 0.145. The maximum atomic E-state index is 13.1. The topological polar surface area (TPSA) is 108 Å². The molecule has 1 heterocycles. The molecular weight excluding hydrogens is 460 g/mol. The minimum absolute atomic E-state index is 0.0278. The van der Waals surface area contributed by atoms with Crippen molar-refractivity contribution < 1.29 is 14.5 Å². The van der Waals surface area contributed by atoms with Gasteiger partial charge >= 0.3 is 0 Å². The summed E-state index contributed by atoms with van der Waals surface area (Å²) in [5.41, 5.74) is 0.892. The van der Waals surface area contributed by atoms with E-state index >= 15 is 0 Å². The molecule has 0 saturated heterocycles. The number of hydrogen-bond donors (Lipinski definition) is 0. The second-order valence-corrected chi connectivity index (χ2v) is 8.00. The number of nitro benzene ring substituents is 1. The number of fused-ring (bicyclic) bond motifs is 1. The third-order valence-electron chi connectivity index (χ3n) is 5.44. The van der Waals surface area contributed by atoms with Crippen LogP contribution < -0.4 is 5.56 Å². The quantitative estimate of drug-likeness (QED) is 0.255. The number of benzene rings is 2. The Balaban J connectivity index is 1.96. The highest BCUT2D eigenvalue weighted by molar-refractivity contribution is 6.31. The van der Waals surface area contributed by atoms with E-state index in [1.54, 1.807) is 48.4 Å². The van der Waals surface area contributed by atoms with Gasteiger partial charge in [0.05, 0.1) is 28.5 Å². The number of hydrogen-bond acceptors (Lipinski definition) is 6. The SMILES string of the molecule is CCn1c(C(C)N(CCOC)C(=O)/C=C/c2ccc([N+](=O)[O-])cc2)nc2ccc(Cl)cc2c1=O. The van der Waals surface area contributed by atoms with Crippen molar-refractivity contribution in [3.8, 4) is 0 Å². The van der Waals surface area contributed by atoms with E-state index in [1.807, 2.05) is 13.8 Å². The minimum Gasteiger partial charge on any atom is -0.383 e. The van der Waals surface area contributed by atoms with E-state index in [9.17, 15) is 19.7 Å². The van der Waals surface area contributed by atoms with Crippen LogP contribution in [0.15, 0.2) is 53.3 Å². The molecule has 1 atom stereocenters. The zero-order valence-electron chi connectivity index (χ0n) is 19.1. The first kappa shape index (κ1) is 25.1. The van der Waals surface area contributed by atoms with E-state index in [0.717, 1.165) is 0 Å². The molecule has 0 bridgehead atoms. The summed E-state index contributed by atoms with van der Waals surface area (Å²) in [4.78, 5) is 42.9. The van der Waals surface area contributed by atoms with Crippen LogP contribution in [-0.2, 0) is 16.1 Å². The maximum absolute atomic E-state index is 13.1. The highest BCUT2D eigenvalue weighted by atomic mass is 35.5. The lowest BCUT2D eigenvalue weighted by Crippen LogP contribution is -2.38. The van der Waals surface area contributed by atoms with Crippen molar-refractivity contribution >= 4 is 40.2 Å². The number of halogens is 1. The van der Waals surface area contributed by atoms with Gasteiger partial charge in [-0.05, 0) is 55.8 Å². The zero-order valence-corrected chi connectivity index (χ0v) is 19.9. The van der Waals surface area contributed by atoms with Crippen LogP contribution in [0.5, 0.6) is 0 Å². The van der Waals surface area contributed by atoms with Gasteiger partial charge in [0.15, 0.2) is 0 Å². The molecule has 3 rings (SSSR count). The number of rotatable bonds is 9. The van der Waals surface area contributed by atoms with Crippen LogP contribution in [0.1, 0.15) is 31.3 Å². The van der Waals surface area contributed by atoms with Gasteiger partial charge in [-0.25, -0.2) is 4.98 Å². The van der Waals surface area contributed by atoms with E-state index in [0.29, 0.717) is 40.5 Å². The third-order valence-corrected chi connectivity index (χ3v) is 5.68. The van der Waals surface area contributed by atoms with Crippen LogP contribution in [0.2, 0.25) is 5.02 Å². The molecule has 9 nitrogen and oxygen atoms in total. The summed E-state index contributed by atoms with van der Waals surface area (Å²) < 4.78 is 6.72. The van der Waals surface area contributed by atoms with Gasteiger partial charge in [-0.15, -0.1) is 0 Å². The number of aromatic nitrogens is 2. The van der Waals surface area contributed by atoms with E-state index in [1.165, 1.54) is 22.8 Å². The van der Waals surface area contributed by atoms with Crippen molar-refractivity contribution in [1.29, 1.82) is 0 Å². The highest BCUT2D eigenvalue weighted by Gasteiger charge is 2.24. The van der Waals surface area contributed by atoms with Gasteiger partial charge in [0.2, 0.25) is 5.91 Å². The van der Waals surface area contributed by atoms with Gasteiger partial charge in [-0.3, -0.25) is 24.3 Å². The number of non-ortho nitro benzene ring substituents is 1. The van der Waals surface area contributed by atoms with Crippen LogP contribution in [0.25, 0.3) is 17.0 Å². The Kier molecular flexibility index (Phi) is 8.14. The number of carbonyl (C=O) groups is 1. The van der Waals surface area contributed by atoms with Crippen molar-refractivity contribution in [3.05, 3.63) is 85.4 Å². The minimum atomic E-state index is -0.531. The molecule has 34 heavy (non-hydrogen) atoms. The lowest BCUT2D eigenvalue weighted by Gasteiger charge is -2.29. The first-order valence-corrected chi connectivity index (χ1v) is 11.1. The Bertz CT molecular complexity index is 1290. The average molecular weight is 485 g/mol. The van der Waals surface area contributed by atoms with Gasteiger partial charge in [0.1, 0.15) is 5.82 Å². The van der Waals surface area contributed by atoms with Crippen molar-refractivity contribution in [2.75, 3.05) is 20.3 Å². The number of nitrogens with zero attached hydrogens (tertiary/aromatic N) is 4. The van der Waals surface area contributed by atoms with E-state index in [2.05, 4.69) is 4.98 Å². The van der Waals surface area contributed by atoms with Gasteiger partial charge in [0.25, 0.3) is 11.2 Å². The zero-order chi connectivity index (χ0) is 24.8. The van der Waals surface area contributed by atoms with Gasteiger partial charge in [0, 0.05) is 43.4 Å². The van der Waals surface area contributed by atoms with E-state index in [-0.39, 0.29) is 23.7 Å². The predicted molar refractivity (Wildman–Crippen MR) is 131 cm³/mol. The molecule has 0 aliphatic carbocycles. The molecule has 0 N–H and O–H groups in total. The van der Waals surface area contributed by atoms with Crippen LogP contribution in [0, 0.1) is 10.1 Å². The molecule has 10 heteroatoms. The molecule has 3 aromatic rings. The summed E-state index contributed by atoms with van der Waals surface area (Å²) in [5, 5.41) is 11.7. The molecule has 0 aliphatic heterocycles. The standard InChI is InChI=1S/C24H25ClN4O5/c1-4-27-23(26-21-11-8-18(25)15-20(21)24(27)31)16(2)28(13-14-34-3)22(30)12-7-17-5-9-19(10-6-17)29(32)33/h5-12,15-16H,4,13-14H2,1-3H3/b12-7+. The first-order chi connectivity index (χ1) is 16.3. The van der Waals surface area contributed by atoms with E-state index in [4.69, 9.17) is 16.3 Å². The number of nitro groups is 1. The Morgan fingerprint density at radius 3 is 2.62 bits per heavy atom. The summed E-state index contributed by atoms with van der Waals surface area (Å²) in [6.45, 7) is 4.59. The number of amides is 1. The summed E-state index contributed by atoms with van der Waals surface area (Å²) in [6, 6.07) is 10.3. The Morgan fingerprint density at radius 1 is 1.29 bits per heavy atom. The van der Waals surface area contributed by atoms with Crippen molar-refractivity contribution in [2.45, 2.75) is 26.4 Å². The fourth-order valence-electron chi connectivity index (χ4n) is 3.63. The molecule has 2 aromatic carbocycles. The molecule has 1 aromatic heterocycles. The van der Waals surface area contributed by atoms with Crippen molar-refractivity contribution in [1.82, 2.24) is 14.5 Å². The molecule has 0 aliphatic rings. The van der Waals surface area contributed by atoms with Gasteiger partial charge < -0.3 is 9.64 Å². The molecule has 1 unspecified atom stereocenters. The maximum Gasteiger partial charge on any atom is 0.269 e. The molecule has 0 spiro atoms. The first-order valence-electron chi connectivity index (χ1n) is 10.7. The van der Waals surface area contributed by atoms with Crippen LogP contribution in [0.4, 0.5) is 5.69 Å². The summed E-state index contributed by atoms with van der Waals surface area (Å²) in [7, 11) is 1.54. The second-order valence-electron chi connectivity index (χ2n) is 7.56. The molecule has 1 amide bonds. The second kappa shape index (κ2) is 11.0. The molecule has 0 radical (unpaired) electrons. The smallest absolute Gasteiger partial charge is 0.269 e. The van der Waals surface area contributed by atoms with Crippen LogP contribution >= 0.6 is 11.6 Å². The molecule has 0 fully saturated rings. The predicted octanol–water partition coefficient (Wildman–Crippen LogP) is 4.23. The fourth-order valence-corrected chi connectivity index (χ4v) is 3.80. The lowest BCUT2D eigenvalue weighted by molar-refractivity contribution is -0.384. The normalized spacial score (nSPS) is 12.2. The number of methoxy groups -OCH3 is 1. The molecule has 0 saturated carbocycles. The summed E-state index contributed by atoms with van der Waals surface area (Å²) in [6.07, 6.45) is 2.98. The number of carbonyl (C=O) groups excluding carboxylic acids is 1. The molecule has 178 valence electrons. The highest BCUT2D eigenvalue weighted by Crippen LogP contribution is 2.22. The van der Waals surface area contributed by atoms with Crippen molar-refractivity contribution in [2.24, 2.45) is 0 Å². The molecular formula is C24H25ClN4O5. The van der Waals surface area contributed by atoms with Gasteiger partial charge in [-0.2, -0.15) is 0 Å². The van der Waals surface area contributed by atoms with Crippen LogP contribution in [0.3, 0.4) is 0 Å². The Hall–Kier alpha value is -3.56. The average Bonchev–Trinajstić information content (AvgIpc) is 2.83. The largest absolute Gasteiger partial charge is 0.383 e. The van der Waals surface area contributed by atoms with Gasteiger partial charge in [-0.1, -0.05) is 11.6 Å². The monoisotopic (exact) mass is 484 g/mol.